The molecule has 1 aliphatic heterocycles. The van der Waals surface area contributed by atoms with Crippen LogP contribution in [0, 0.1) is 5.41 Å². The Morgan fingerprint density at radius 1 is 0.893 bits per heavy atom. The normalized spacial score (nSPS) is 15.5. The summed E-state index contributed by atoms with van der Waals surface area (Å²) in [6.07, 6.45) is 0.935. The molecule has 8 heteroatoms. The fourth-order valence-electron chi connectivity index (χ4n) is 2.97. The van der Waals surface area contributed by atoms with Gasteiger partial charge in [0.2, 0.25) is 18.6 Å². The van der Waals surface area contributed by atoms with Crippen LogP contribution >= 0.6 is 0 Å². The number of amides is 2. The Morgan fingerprint density at radius 2 is 1.50 bits per heavy atom. The molecule has 4 rings (SSSR count). The molecule has 144 valence electrons. The van der Waals surface area contributed by atoms with Gasteiger partial charge in [0, 0.05) is 17.4 Å². The molecule has 2 aromatic rings. The Morgan fingerprint density at radius 3 is 2.14 bits per heavy atom. The molecule has 1 heterocycles. The average molecular weight is 382 g/mol. The predicted octanol–water partition coefficient (Wildman–Crippen LogP) is 2.56. The van der Waals surface area contributed by atoms with Crippen LogP contribution in [0.15, 0.2) is 42.5 Å². The lowest BCUT2D eigenvalue weighted by Gasteiger charge is -2.16. The maximum absolute atomic E-state index is 12.7. The highest BCUT2D eigenvalue weighted by molar-refractivity contribution is 6.17. The summed E-state index contributed by atoms with van der Waals surface area (Å²) >= 11 is 0. The standard InChI is InChI=1S/C20H18N2O6/c1-26-17(23)12-2-4-13(5-3-12)21-18(24)20(8-9-20)19(25)22-14-6-7-15-16(10-14)28-11-27-15/h2-7,10H,8-9,11H2,1H3,(H,21,24)(H,22,25). The van der Waals surface area contributed by atoms with Gasteiger partial charge in [0.15, 0.2) is 11.5 Å². The van der Waals surface area contributed by atoms with Crippen LogP contribution in [0.3, 0.4) is 0 Å². The van der Waals surface area contributed by atoms with Crippen molar-refractivity contribution in [3.8, 4) is 11.5 Å². The van der Waals surface area contributed by atoms with Gasteiger partial charge in [-0.05, 0) is 49.2 Å². The van der Waals surface area contributed by atoms with Crippen LogP contribution in [0.25, 0.3) is 0 Å². The molecular weight excluding hydrogens is 364 g/mol. The van der Waals surface area contributed by atoms with E-state index in [-0.39, 0.29) is 18.6 Å². The maximum Gasteiger partial charge on any atom is 0.337 e. The van der Waals surface area contributed by atoms with Gasteiger partial charge in [-0.2, -0.15) is 0 Å². The lowest BCUT2D eigenvalue weighted by Crippen LogP contribution is -2.35. The number of esters is 1. The molecule has 1 fully saturated rings. The molecule has 0 radical (unpaired) electrons. The zero-order chi connectivity index (χ0) is 19.7. The number of fused-ring (bicyclic) bond motifs is 1. The molecule has 0 spiro atoms. The molecule has 8 nitrogen and oxygen atoms in total. The van der Waals surface area contributed by atoms with Crippen molar-refractivity contribution in [2.24, 2.45) is 5.41 Å². The van der Waals surface area contributed by atoms with Crippen molar-refractivity contribution in [3.05, 3.63) is 48.0 Å². The fourth-order valence-corrected chi connectivity index (χ4v) is 2.97. The van der Waals surface area contributed by atoms with E-state index in [0.717, 1.165) is 0 Å². The first-order valence-electron chi connectivity index (χ1n) is 8.73. The van der Waals surface area contributed by atoms with Gasteiger partial charge >= 0.3 is 5.97 Å². The Hall–Kier alpha value is -3.55. The quantitative estimate of drug-likeness (QED) is 0.609. The summed E-state index contributed by atoms with van der Waals surface area (Å²) in [6, 6.07) is 11.4. The number of rotatable bonds is 5. The van der Waals surface area contributed by atoms with Crippen molar-refractivity contribution < 1.29 is 28.6 Å². The molecule has 0 unspecified atom stereocenters. The van der Waals surface area contributed by atoms with E-state index in [9.17, 15) is 14.4 Å². The van der Waals surface area contributed by atoms with Crippen molar-refractivity contribution in [1.29, 1.82) is 0 Å². The number of hydrogen-bond acceptors (Lipinski definition) is 6. The summed E-state index contributed by atoms with van der Waals surface area (Å²) in [6.45, 7) is 0.147. The molecule has 2 aliphatic rings. The van der Waals surface area contributed by atoms with Crippen molar-refractivity contribution in [1.82, 2.24) is 0 Å². The van der Waals surface area contributed by atoms with E-state index in [1.165, 1.54) is 7.11 Å². The summed E-state index contributed by atoms with van der Waals surface area (Å²) in [5.41, 5.74) is 0.315. The lowest BCUT2D eigenvalue weighted by molar-refractivity contribution is -0.131. The molecule has 1 saturated carbocycles. The zero-order valence-corrected chi connectivity index (χ0v) is 15.1. The van der Waals surface area contributed by atoms with Gasteiger partial charge in [0.1, 0.15) is 5.41 Å². The van der Waals surface area contributed by atoms with Gasteiger partial charge in [0.05, 0.1) is 12.7 Å². The minimum Gasteiger partial charge on any atom is -0.465 e. The molecule has 0 bridgehead atoms. The highest BCUT2D eigenvalue weighted by Crippen LogP contribution is 2.48. The number of methoxy groups -OCH3 is 1. The maximum atomic E-state index is 12.7. The third kappa shape index (κ3) is 3.24. The van der Waals surface area contributed by atoms with Gasteiger partial charge in [0.25, 0.3) is 0 Å². The van der Waals surface area contributed by atoms with E-state index in [0.29, 0.717) is 41.3 Å². The topological polar surface area (TPSA) is 103 Å². The van der Waals surface area contributed by atoms with Crippen LogP contribution in [0.1, 0.15) is 23.2 Å². The second-order valence-electron chi connectivity index (χ2n) is 6.63. The van der Waals surface area contributed by atoms with E-state index in [1.54, 1.807) is 42.5 Å². The van der Waals surface area contributed by atoms with Crippen LogP contribution in [-0.4, -0.2) is 31.7 Å². The highest BCUT2D eigenvalue weighted by Gasteiger charge is 2.56. The predicted molar refractivity (Wildman–Crippen MR) is 99.3 cm³/mol. The van der Waals surface area contributed by atoms with Crippen LogP contribution in [-0.2, 0) is 14.3 Å². The Labute approximate surface area is 160 Å². The summed E-state index contributed by atoms with van der Waals surface area (Å²) < 4.78 is 15.2. The van der Waals surface area contributed by atoms with Gasteiger partial charge in [-0.3, -0.25) is 9.59 Å². The summed E-state index contributed by atoms with van der Waals surface area (Å²) in [5, 5.41) is 5.52. The first kappa shape index (κ1) is 17.8. The smallest absolute Gasteiger partial charge is 0.337 e. The minimum absolute atomic E-state index is 0.147. The van der Waals surface area contributed by atoms with Crippen LogP contribution in [0.5, 0.6) is 11.5 Å². The van der Waals surface area contributed by atoms with E-state index < -0.39 is 11.4 Å². The molecule has 0 atom stereocenters. The largest absolute Gasteiger partial charge is 0.465 e. The monoisotopic (exact) mass is 382 g/mol. The number of hydrogen-bond donors (Lipinski definition) is 2. The molecule has 2 N–H and O–H groups in total. The summed E-state index contributed by atoms with van der Waals surface area (Å²) in [7, 11) is 1.30. The van der Waals surface area contributed by atoms with Crippen LogP contribution < -0.4 is 20.1 Å². The van der Waals surface area contributed by atoms with E-state index >= 15 is 0 Å². The third-order valence-corrected chi connectivity index (χ3v) is 4.81. The average Bonchev–Trinajstić information content (AvgIpc) is 3.40. The van der Waals surface area contributed by atoms with Crippen molar-refractivity contribution in [2.45, 2.75) is 12.8 Å². The van der Waals surface area contributed by atoms with E-state index in [2.05, 4.69) is 15.4 Å². The van der Waals surface area contributed by atoms with Crippen molar-refractivity contribution >= 4 is 29.2 Å². The Kier molecular flexibility index (Phi) is 4.38. The summed E-state index contributed by atoms with van der Waals surface area (Å²) in [5.74, 6) is -0.0312. The van der Waals surface area contributed by atoms with E-state index in [4.69, 9.17) is 9.47 Å². The zero-order valence-electron chi connectivity index (χ0n) is 15.1. The van der Waals surface area contributed by atoms with Gasteiger partial charge < -0.3 is 24.8 Å². The Bertz CT molecular complexity index is 950. The first-order valence-corrected chi connectivity index (χ1v) is 8.73. The van der Waals surface area contributed by atoms with Crippen molar-refractivity contribution in [3.63, 3.8) is 0 Å². The number of carbonyl (C=O) groups is 3. The highest BCUT2D eigenvalue weighted by atomic mass is 16.7. The number of carbonyl (C=O) groups excluding carboxylic acids is 3. The number of anilines is 2. The summed E-state index contributed by atoms with van der Waals surface area (Å²) in [4.78, 5) is 36.9. The molecule has 0 aromatic heterocycles. The van der Waals surface area contributed by atoms with Crippen LogP contribution in [0.4, 0.5) is 11.4 Å². The molecular formula is C20H18N2O6. The molecule has 2 aromatic carbocycles. The number of ether oxygens (including phenoxy) is 3. The number of nitrogens with one attached hydrogen (secondary N) is 2. The SMILES string of the molecule is COC(=O)c1ccc(NC(=O)C2(C(=O)Nc3ccc4c(c3)OCO4)CC2)cc1. The Balaban J connectivity index is 1.42. The second kappa shape index (κ2) is 6.88. The fraction of sp³-hybridized carbons (Fsp3) is 0.250. The molecule has 1 aliphatic carbocycles. The third-order valence-electron chi connectivity index (χ3n) is 4.81. The minimum atomic E-state index is -1.10. The molecule has 28 heavy (non-hydrogen) atoms. The van der Waals surface area contributed by atoms with Gasteiger partial charge in [-0.25, -0.2) is 4.79 Å². The first-order chi connectivity index (χ1) is 13.5. The lowest BCUT2D eigenvalue weighted by atomic mass is 10.0. The second-order valence-corrected chi connectivity index (χ2v) is 6.63. The number of benzene rings is 2. The van der Waals surface area contributed by atoms with Gasteiger partial charge in [-0.15, -0.1) is 0 Å². The van der Waals surface area contributed by atoms with E-state index in [1.807, 2.05) is 0 Å². The van der Waals surface area contributed by atoms with Crippen LogP contribution in [0.2, 0.25) is 0 Å². The molecule has 2 amide bonds. The van der Waals surface area contributed by atoms with Crippen molar-refractivity contribution in [2.75, 3.05) is 24.5 Å². The van der Waals surface area contributed by atoms with Gasteiger partial charge in [-0.1, -0.05) is 0 Å². The molecule has 0 saturated heterocycles.